The van der Waals surface area contributed by atoms with E-state index in [9.17, 15) is 19.1 Å². The molecular formula is C25H22FNO4. The van der Waals surface area contributed by atoms with Crippen molar-refractivity contribution in [2.24, 2.45) is 0 Å². The first-order valence-electron chi connectivity index (χ1n) is 10.0. The predicted octanol–water partition coefficient (Wildman–Crippen LogP) is 5.48. The van der Waals surface area contributed by atoms with Crippen molar-refractivity contribution >= 4 is 23.1 Å². The zero-order valence-electron chi connectivity index (χ0n) is 17.4. The van der Waals surface area contributed by atoms with E-state index in [-0.39, 0.29) is 16.9 Å². The van der Waals surface area contributed by atoms with Gasteiger partial charge in [-0.3, -0.25) is 14.5 Å². The Hall–Kier alpha value is -3.67. The summed E-state index contributed by atoms with van der Waals surface area (Å²) in [5.74, 6) is -1.73. The van der Waals surface area contributed by atoms with Gasteiger partial charge in [-0.05, 0) is 66.4 Å². The summed E-state index contributed by atoms with van der Waals surface area (Å²) in [6, 6.07) is 13.8. The molecule has 1 aromatic heterocycles. The molecule has 0 bridgehead atoms. The summed E-state index contributed by atoms with van der Waals surface area (Å²) in [5, 5.41) is 11.0. The molecule has 1 saturated heterocycles. The Morgan fingerprint density at radius 2 is 1.81 bits per heavy atom. The number of ketones is 1. The minimum absolute atomic E-state index is 0.0982. The number of carbonyl (C=O) groups is 2. The molecule has 1 fully saturated rings. The standard InChI is InChI=1S/C25H22FNO4/c1-14(2)16-6-9-18(10-7-16)27-22(20-5-4-12-31-20)21(24(29)25(27)30)23(28)17-8-11-19(26)15(3)13-17/h4-14,22,28H,1-3H3/b23-21-. The fourth-order valence-corrected chi connectivity index (χ4v) is 3.78. The van der Waals surface area contributed by atoms with E-state index in [4.69, 9.17) is 4.42 Å². The van der Waals surface area contributed by atoms with Gasteiger partial charge in [-0.25, -0.2) is 4.39 Å². The zero-order valence-corrected chi connectivity index (χ0v) is 17.4. The van der Waals surface area contributed by atoms with Gasteiger partial charge in [-0.15, -0.1) is 0 Å². The first-order chi connectivity index (χ1) is 14.8. The van der Waals surface area contributed by atoms with Crippen molar-refractivity contribution in [2.45, 2.75) is 32.7 Å². The third-order valence-corrected chi connectivity index (χ3v) is 5.53. The van der Waals surface area contributed by atoms with Gasteiger partial charge < -0.3 is 9.52 Å². The van der Waals surface area contributed by atoms with Gasteiger partial charge in [0.15, 0.2) is 0 Å². The maximum absolute atomic E-state index is 13.7. The van der Waals surface area contributed by atoms with Crippen LogP contribution in [0.25, 0.3) is 5.76 Å². The number of hydrogen-bond donors (Lipinski definition) is 1. The van der Waals surface area contributed by atoms with E-state index in [0.717, 1.165) is 5.56 Å². The van der Waals surface area contributed by atoms with E-state index >= 15 is 0 Å². The SMILES string of the molecule is Cc1cc(/C(O)=C2/C(=O)C(=O)N(c3ccc(C(C)C)cc3)C2c2ccco2)ccc1F. The number of anilines is 1. The lowest BCUT2D eigenvalue weighted by Crippen LogP contribution is -2.29. The van der Waals surface area contributed by atoms with Gasteiger partial charge >= 0.3 is 0 Å². The molecule has 2 heterocycles. The summed E-state index contributed by atoms with van der Waals surface area (Å²) in [6.07, 6.45) is 1.44. The number of furan rings is 1. The van der Waals surface area contributed by atoms with Gasteiger partial charge in [-0.2, -0.15) is 0 Å². The number of halogens is 1. The van der Waals surface area contributed by atoms with Crippen molar-refractivity contribution < 1.29 is 23.5 Å². The average molecular weight is 419 g/mol. The molecule has 1 N–H and O–H groups in total. The number of carbonyl (C=O) groups excluding carboxylic acids is 2. The minimum atomic E-state index is -0.940. The summed E-state index contributed by atoms with van der Waals surface area (Å²) >= 11 is 0. The van der Waals surface area contributed by atoms with Crippen molar-refractivity contribution in [1.29, 1.82) is 0 Å². The van der Waals surface area contributed by atoms with Crippen molar-refractivity contribution in [3.8, 4) is 0 Å². The van der Waals surface area contributed by atoms with E-state index in [0.29, 0.717) is 22.9 Å². The maximum Gasteiger partial charge on any atom is 0.300 e. The van der Waals surface area contributed by atoms with Crippen LogP contribution in [0.4, 0.5) is 10.1 Å². The molecule has 6 heteroatoms. The molecule has 0 aliphatic carbocycles. The minimum Gasteiger partial charge on any atom is -0.507 e. The second-order valence-electron chi connectivity index (χ2n) is 7.89. The van der Waals surface area contributed by atoms with Crippen LogP contribution in [0.5, 0.6) is 0 Å². The monoisotopic (exact) mass is 419 g/mol. The smallest absolute Gasteiger partial charge is 0.300 e. The number of aliphatic hydroxyl groups is 1. The molecule has 0 saturated carbocycles. The number of rotatable bonds is 4. The molecule has 5 nitrogen and oxygen atoms in total. The van der Waals surface area contributed by atoms with Crippen LogP contribution < -0.4 is 4.90 Å². The number of Topliss-reactive ketones (excluding diaryl/α,β-unsaturated/α-hetero) is 1. The van der Waals surface area contributed by atoms with Crippen LogP contribution in [0.1, 0.15) is 48.3 Å². The summed E-state index contributed by atoms with van der Waals surface area (Å²) in [4.78, 5) is 27.4. The van der Waals surface area contributed by atoms with Crippen molar-refractivity contribution in [1.82, 2.24) is 0 Å². The van der Waals surface area contributed by atoms with Crippen LogP contribution in [-0.2, 0) is 9.59 Å². The van der Waals surface area contributed by atoms with E-state index < -0.39 is 23.5 Å². The molecule has 1 aliphatic rings. The summed E-state index contributed by atoms with van der Waals surface area (Å²) in [5.41, 5.74) is 2.08. The molecule has 1 aliphatic heterocycles. The van der Waals surface area contributed by atoms with Gasteiger partial charge in [0.1, 0.15) is 23.4 Å². The Bertz CT molecular complexity index is 1180. The molecule has 0 radical (unpaired) electrons. The molecule has 1 atom stereocenters. The van der Waals surface area contributed by atoms with Crippen LogP contribution in [-0.4, -0.2) is 16.8 Å². The lowest BCUT2D eigenvalue weighted by Gasteiger charge is -2.23. The van der Waals surface area contributed by atoms with E-state index in [1.54, 1.807) is 31.2 Å². The molecule has 1 amide bonds. The highest BCUT2D eigenvalue weighted by Gasteiger charge is 2.48. The number of aliphatic hydroxyl groups excluding tert-OH is 1. The van der Waals surface area contributed by atoms with Crippen LogP contribution in [0.3, 0.4) is 0 Å². The van der Waals surface area contributed by atoms with Crippen LogP contribution in [0, 0.1) is 12.7 Å². The van der Waals surface area contributed by atoms with Gasteiger partial charge in [-0.1, -0.05) is 26.0 Å². The highest BCUT2D eigenvalue weighted by Crippen LogP contribution is 2.42. The predicted molar refractivity (Wildman–Crippen MR) is 115 cm³/mol. The Morgan fingerprint density at radius 3 is 2.39 bits per heavy atom. The number of hydrogen-bond acceptors (Lipinski definition) is 4. The Kier molecular flexibility index (Phi) is 5.23. The quantitative estimate of drug-likeness (QED) is 0.345. The molecule has 0 spiro atoms. The van der Waals surface area contributed by atoms with Crippen LogP contribution in [0.2, 0.25) is 0 Å². The second kappa shape index (κ2) is 7.87. The second-order valence-corrected chi connectivity index (χ2v) is 7.89. The van der Waals surface area contributed by atoms with Crippen molar-refractivity contribution in [3.63, 3.8) is 0 Å². The summed E-state index contributed by atoms with van der Waals surface area (Å²) in [6.45, 7) is 5.69. The summed E-state index contributed by atoms with van der Waals surface area (Å²) < 4.78 is 19.2. The van der Waals surface area contributed by atoms with E-state index in [1.807, 2.05) is 12.1 Å². The van der Waals surface area contributed by atoms with E-state index in [2.05, 4.69) is 13.8 Å². The molecule has 1 unspecified atom stereocenters. The number of amides is 1. The fraction of sp³-hybridized carbons (Fsp3) is 0.200. The van der Waals surface area contributed by atoms with Gasteiger partial charge in [0.05, 0.1) is 11.8 Å². The highest BCUT2D eigenvalue weighted by molar-refractivity contribution is 6.51. The number of benzene rings is 2. The van der Waals surface area contributed by atoms with Crippen molar-refractivity contribution in [2.75, 3.05) is 4.90 Å². The third kappa shape index (κ3) is 3.54. The van der Waals surface area contributed by atoms with Crippen molar-refractivity contribution in [3.05, 3.63) is 94.7 Å². The average Bonchev–Trinajstić information content (AvgIpc) is 3.37. The van der Waals surface area contributed by atoms with Gasteiger partial charge in [0.2, 0.25) is 0 Å². The lowest BCUT2D eigenvalue weighted by molar-refractivity contribution is -0.132. The number of nitrogens with zero attached hydrogens (tertiary/aromatic N) is 1. The van der Waals surface area contributed by atoms with Crippen LogP contribution in [0.15, 0.2) is 70.9 Å². The Balaban J connectivity index is 1.88. The topological polar surface area (TPSA) is 70.8 Å². The highest BCUT2D eigenvalue weighted by atomic mass is 19.1. The zero-order chi connectivity index (χ0) is 22.3. The van der Waals surface area contributed by atoms with Gasteiger partial charge in [0.25, 0.3) is 11.7 Å². The molecular weight excluding hydrogens is 397 g/mol. The Labute approximate surface area is 179 Å². The molecule has 4 rings (SSSR count). The number of aryl methyl sites for hydroxylation is 1. The molecule has 2 aromatic carbocycles. The molecule has 3 aromatic rings. The van der Waals surface area contributed by atoms with E-state index in [1.165, 1.54) is 29.4 Å². The Morgan fingerprint density at radius 1 is 1.10 bits per heavy atom. The summed E-state index contributed by atoms with van der Waals surface area (Å²) in [7, 11) is 0. The molecule has 158 valence electrons. The largest absolute Gasteiger partial charge is 0.507 e. The fourth-order valence-electron chi connectivity index (χ4n) is 3.78. The first kappa shape index (κ1) is 20.6. The lowest BCUT2D eigenvalue weighted by atomic mass is 9.98. The normalized spacial score (nSPS) is 18.2. The first-order valence-corrected chi connectivity index (χ1v) is 10.0. The van der Waals surface area contributed by atoms with Gasteiger partial charge in [0, 0.05) is 11.3 Å². The molecule has 31 heavy (non-hydrogen) atoms. The maximum atomic E-state index is 13.7. The third-order valence-electron chi connectivity index (χ3n) is 5.53. The van der Waals surface area contributed by atoms with Crippen LogP contribution >= 0.6 is 0 Å².